The number of aliphatic hydroxyl groups excluding tert-OH is 2. The quantitative estimate of drug-likeness (QED) is 0.321. The van der Waals surface area contributed by atoms with Crippen LogP contribution in [0.15, 0.2) is 12.2 Å². The van der Waals surface area contributed by atoms with E-state index in [9.17, 15) is 19.8 Å². The Bertz CT molecular complexity index is 446. The van der Waals surface area contributed by atoms with Gasteiger partial charge < -0.3 is 15.3 Å². The van der Waals surface area contributed by atoms with Crippen LogP contribution in [0.4, 0.5) is 0 Å². The van der Waals surface area contributed by atoms with Crippen molar-refractivity contribution < 1.29 is 24.9 Å². The molecule has 1 saturated carbocycles. The van der Waals surface area contributed by atoms with E-state index in [0.29, 0.717) is 12.8 Å². The molecule has 1 rings (SSSR count). The van der Waals surface area contributed by atoms with Crippen molar-refractivity contribution in [1.82, 2.24) is 0 Å². The fourth-order valence-electron chi connectivity index (χ4n) is 3.87. The zero-order valence-corrected chi connectivity index (χ0v) is 16.1. The van der Waals surface area contributed by atoms with Crippen LogP contribution in [-0.4, -0.2) is 39.8 Å². The number of aliphatic hydroxyl groups is 2. The number of hydrogen-bond acceptors (Lipinski definition) is 4. The van der Waals surface area contributed by atoms with Gasteiger partial charge in [0.25, 0.3) is 0 Å². The maximum Gasteiger partial charge on any atom is 0.303 e. The highest BCUT2D eigenvalue weighted by Crippen LogP contribution is 2.38. The number of Topliss-reactive ketones (excluding diaryl/α,β-unsaturated/α-hetero) is 1. The molecule has 0 aromatic carbocycles. The third-order valence-corrected chi connectivity index (χ3v) is 5.44. The van der Waals surface area contributed by atoms with Crippen molar-refractivity contribution in [2.75, 3.05) is 6.61 Å². The molecule has 1 fully saturated rings. The van der Waals surface area contributed by atoms with Crippen molar-refractivity contribution in [2.45, 2.75) is 83.7 Å². The smallest absolute Gasteiger partial charge is 0.303 e. The van der Waals surface area contributed by atoms with E-state index in [2.05, 4.69) is 6.92 Å². The van der Waals surface area contributed by atoms with Gasteiger partial charge in [0.2, 0.25) is 0 Å². The maximum absolute atomic E-state index is 12.3. The molecule has 0 spiro atoms. The molecule has 26 heavy (non-hydrogen) atoms. The first-order valence-electron chi connectivity index (χ1n) is 10.2. The number of ketones is 1. The number of carbonyl (C=O) groups excluding carboxylic acids is 1. The van der Waals surface area contributed by atoms with E-state index < -0.39 is 12.1 Å². The minimum Gasteiger partial charge on any atom is -0.481 e. The largest absolute Gasteiger partial charge is 0.481 e. The molecular weight excluding hydrogens is 332 g/mol. The molecule has 0 aliphatic heterocycles. The Morgan fingerprint density at radius 2 is 1.92 bits per heavy atom. The molecule has 0 amide bonds. The number of unbranched alkanes of at least 4 members (excludes halogenated alkanes) is 5. The third-order valence-electron chi connectivity index (χ3n) is 5.44. The zero-order valence-electron chi connectivity index (χ0n) is 16.1. The number of hydrogen-bond donors (Lipinski definition) is 3. The summed E-state index contributed by atoms with van der Waals surface area (Å²) in [6.07, 6.45) is 12.0. The highest BCUT2D eigenvalue weighted by atomic mass is 16.4. The number of carbonyl (C=O) groups is 2. The number of carboxylic acid groups (broad SMARTS) is 1. The Balaban J connectivity index is 2.47. The maximum atomic E-state index is 12.3. The van der Waals surface area contributed by atoms with Crippen LogP contribution in [0.1, 0.15) is 77.6 Å². The Morgan fingerprint density at radius 1 is 1.19 bits per heavy atom. The van der Waals surface area contributed by atoms with Crippen molar-refractivity contribution in [2.24, 2.45) is 17.8 Å². The van der Waals surface area contributed by atoms with E-state index in [4.69, 9.17) is 5.11 Å². The van der Waals surface area contributed by atoms with Gasteiger partial charge in [-0.3, -0.25) is 9.59 Å². The zero-order chi connectivity index (χ0) is 19.4. The average Bonchev–Trinajstić information content (AvgIpc) is 2.91. The van der Waals surface area contributed by atoms with Crippen LogP contribution in [0.3, 0.4) is 0 Å². The Morgan fingerprint density at radius 3 is 2.58 bits per heavy atom. The molecule has 0 heterocycles. The van der Waals surface area contributed by atoms with E-state index in [-0.39, 0.29) is 36.6 Å². The molecule has 0 aromatic rings. The molecule has 0 saturated heterocycles. The van der Waals surface area contributed by atoms with Gasteiger partial charge in [-0.05, 0) is 31.1 Å². The van der Waals surface area contributed by atoms with Crippen LogP contribution in [0.2, 0.25) is 0 Å². The Labute approximate surface area is 157 Å². The first-order chi connectivity index (χ1) is 12.5. The second kappa shape index (κ2) is 13.0. The second-order valence-corrected chi connectivity index (χ2v) is 7.59. The number of carboxylic acids is 1. The van der Waals surface area contributed by atoms with Crippen LogP contribution < -0.4 is 0 Å². The third kappa shape index (κ3) is 8.45. The van der Waals surface area contributed by atoms with Crippen molar-refractivity contribution in [1.29, 1.82) is 0 Å². The summed E-state index contributed by atoms with van der Waals surface area (Å²) in [5, 5.41) is 28.3. The van der Waals surface area contributed by atoms with E-state index in [1.165, 1.54) is 0 Å². The summed E-state index contributed by atoms with van der Waals surface area (Å²) in [4.78, 5) is 22.8. The van der Waals surface area contributed by atoms with E-state index in [1.54, 1.807) is 6.08 Å². The first-order valence-corrected chi connectivity index (χ1v) is 10.2. The Kier molecular flexibility index (Phi) is 11.5. The highest BCUT2D eigenvalue weighted by molar-refractivity contribution is 5.84. The van der Waals surface area contributed by atoms with Crippen LogP contribution in [-0.2, 0) is 9.59 Å². The molecule has 3 N–H and O–H groups in total. The van der Waals surface area contributed by atoms with Gasteiger partial charge in [-0.2, -0.15) is 0 Å². The molecule has 2 unspecified atom stereocenters. The summed E-state index contributed by atoms with van der Waals surface area (Å²) in [5.41, 5.74) is 0. The lowest BCUT2D eigenvalue weighted by molar-refractivity contribution is -0.137. The molecule has 5 heteroatoms. The van der Waals surface area contributed by atoms with Gasteiger partial charge in [-0.1, -0.05) is 57.6 Å². The second-order valence-electron chi connectivity index (χ2n) is 7.59. The Hall–Kier alpha value is -1.20. The molecule has 0 radical (unpaired) electrons. The number of allylic oxidation sites excluding steroid dienone is 1. The predicted molar refractivity (Wildman–Crippen MR) is 102 cm³/mol. The summed E-state index contributed by atoms with van der Waals surface area (Å²) >= 11 is 0. The summed E-state index contributed by atoms with van der Waals surface area (Å²) in [7, 11) is 0. The van der Waals surface area contributed by atoms with Gasteiger partial charge in [0.1, 0.15) is 5.78 Å². The average molecular weight is 369 g/mol. The van der Waals surface area contributed by atoms with E-state index >= 15 is 0 Å². The SMILES string of the molecule is CCCCCC(O)C=C[C@@H]1C(CO)CC(=O)[C@H]1CCCCCCC(=O)O. The van der Waals surface area contributed by atoms with Gasteiger partial charge in [-0.25, -0.2) is 0 Å². The monoisotopic (exact) mass is 368 g/mol. The number of aliphatic carboxylic acids is 1. The molecular formula is C21H36O5. The summed E-state index contributed by atoms with van der Waals surface area (Å²) in [6.45, 7) is 2.13. The molecule has 0 bridgehead atoms. The molecule has 0 aromatic heterocycles. The van der Waals surface area contributed by atoms with E-state index in [1.807, 2.05) is 6.08 Å². The topological polar surface area (TPSA) is 94.8 Å². The molecule has 150 valence electrons. The van der Waals surface area contributed by atoms with Crippen molar-refractivity contribution >= 4 is 11.8 Å². The number of rotatable bonds is 14. The first kappa shape index (κ1) is 22.8. The van der Waals surface area contributed by atoms with Crippen molar-refractivity contribution in [3.63, 3.8) is 0 Å². The molecule has 4 atom stereocenters. The molecule has 1 aliphatic carbocycles. The predicted octanol–water partition coefficient (Wildman–Crippen LogP) is 3.72. The van der Waals surface area contributed by atoms with Gasteiger partial charge in [0, 0.05) is 25.4 Å². The summed E-state index contributed by atoms with van der Waals surface area (Å²) in [6, 6.07) is 0. The highest BCUT2D eigenvalue weighted by Gasteiger charge is 2.39. The van der Waals surface area contributed by atoms with Crippen LogP contribution in [0.25, 0.3) is 0 Å². The standard InChI is InChI=1S/C21H36O5/c1-2-3-6-9-17(23)12-13-18-16(15-22)14-20(24)19(18)10-7-4-5-8-11-21(25)26/h12-13,16-19,22-23H,2-11,14-15H2,1H3,(H,25,26)/t16?,17?,18-,19+/m1/s1. The molecule has 5 nitrogen and oxygen atoms in total. The van der Waals surface area contributed by atoms with Gasteiger partial charge in [0.05, 0.1) is 6.10 Å². The minimum atomic E-state index is -0.760. The van der Waals surface area contributed by atoms with Crippen molar-refractivity contribution in [3.8, 4) is 0 Å². The van der Waals surface area contributed by atoms with Crippen molar-refractivity contribution in [3.05, 3.63) is 12.2 Å². The van der Waals surface area contributed by atoms with Crippen LogP contribution in [0.5, 0.6) is 0 Å². The van der Waals surface area contributed by atoms with Crippen LogP contribution >= 0.6 is 0 Å². The fourth-order valence-corrected chi connectivity index (χ4v) is 3.87. The minimum absolute atomic E-state index is 0.00177. The van der Waals surface area contributed by atoms with Crippen LogP contribution in [0, 0.1) is 17.8 Å². The lowest BCUT2D eigenvalue weighted by Crippen LogP contribution is -2.18. The fraction of sp³-hybridized carbons (Fsp3) is 0.810. The van der Waals surface area contributed by atoms with Gasteiger partial charge in [0.15, 0.2) is 0 Å². The lowest BCUT2D eigenvalue weighted by Gasteiger charge is -2.20. The summed E-state index contributed by atoms with van der Waals surface area (Å²) in [5.74, 6) is -0.661. The normalized spacial score (nSPS) is 24.4. The molecule has 1 aliphatic rings. The van der Waals surface area contributed by atoms with Gasteiger partial charge in [-0.15, -0.1) is 0 Å². The lowest BCUT2D eigenvalue weighted by atomic mass is 9.85. The van der Waals surface area contributed by atoms with Gasteiger partial charge >= 0.3 is 5.97 Å². The summed E-state index contributed by atoms with van der Waals surface area (Å²) < 4.78 is 0. The van der Waals surface area contributed by atoms with E-state index in [0.717, 1.165) is 51.4 Å².